The lowest BCUT2D eigenvalue weighted by molar-refractivity contribution is 0.0728. The third kappa shape index (κ3) is 3.43. The van der Waals surface area contributed by atoms with Crippen LogP contribution in [0.3, 0.4) is 0 Å². The van der Waals surface area contributed by atoms with Crippen molar-refractivity contribution in [3.8, 4) is 0 Å². The van der Waals surface area contributed by atoms with E-state index in [2.05, 4.69) is 4.98 Å². The van der Waals surface area contributed by atoms with Crippen molar-refractivity contribution in [2.24, 2.45) is 5.92 Å². The van der Waals surface area contributed by atoms with Crippen molar-refractivity contribution in [2.45, 2.75) is 6.43 Å². The SMILES string of the molecule is O=C(c1nc(Cl)c(C(F)F)s1)N1CCOCC(CO)C1. The van der Waals surface area contributed by atoms with Gasteiger partial charge in [0.1, 0.15) is 10.0 Å². The summed E-state index contributed by atoms with van der Waals surface area (Å²) in [5.41, 5.74) is 0. The number of amides is 1. The largest absolute Gasteiger partial charge is 0.396 e. The summed E-state index contributed by atoms with van der Waals surface area (Å²) in [6.07, 6.45) is -2.75. The Morgan fingerprint density at radius 1 is 1.65 bits per heavy atom. The maximum Gasteiger partial charge on any atom is 0.282 e. The standard InChI is InChI=1S/C11H13ClF2N2O3S/c12-8-7(9(13)14)20-10(15-8)11(18)16-1-2-19-5-6(3-16)4-17/h6,9,17H,1-5H2. The molecule has 1 aromatic heterocycles. The van der Waals surface area contributed by atoms with Crippen molar-refractivity contribution in [2.75, 3.05) is 32.9 Å². The van der Waals surface area contributed by atoms with E-state index in [0.717, 1.165) is 0 Å². The van der Waals surface area contributed by atoms with Gasteiger partial charge in [-0.25, -0.2) is 13.8 Å². The number of halogens is 3. The van der Waals surface area contributed by atoms with Gasteiger partial charge in [-0.2, -0.15) is 0 Å². The molecular weight excluding hydrogens is 314 g/mol. The summed E-state index contributed by atoms with van der Waals surface area (Å²) in [7, 11) is 0. The lowest BCUT2D eigenvalue weighted by Crippen LogP contribution is -2.36. The number of hydrogen-bond donors (Lipinski definition) is 1. The number of thiazole rings is 1. The number of rotatable bonds is 3. The van der Waals surface area contributed by atoms with Crippen LogP contribution in [-0.4, -0.2) is 53.8 Å². The average molecular weight is 327 g/mol. The molecule has 9 heteroatoms. The first-order valence-corrected chi connectivity index (χ1v) is 7.14. The van der Waals surface area contributed by atoms with Gasteiger partial charge >= 0.3 is 0 Å². The molecule has 1 amide bonds. The Bertz CT molecular complexity index is 486. The minimum absolute atomic E-state index is 0.0658. The lowest BCUT2D eigenvalue weighted by atomic mass is 10.1. The van der Waals surface area contributed by atoms with Crippen LogP contribution in [0.2, 0.25) is 5.15 Å². The molecule has 1 aromatic rings. The third-order valence-corrected chi connectivity index (χ3v) is 4.32. The number of carbonyl (C=O) groups excluding carboxylic acids is 1. The molecule has 5 nitrogen and oxygen atoms in total. The van der Waals surface area contributed by atoms with Crippen LogP contribution in [0.1, 0.15) is 21.1 Å². The van der Waals surface area contributed by atoms with Gasteiger partial charge < -0.3 is 14.7 Å². The smallest absolute Gasteiger partial charge is 0.282 e. The van der Waals surface area contributed by atoms with Crippen LogP contribution in [-0.2, 0) is 4.74 Å². The van der Waals surface area contributed by atoms with Gasteiger partial charge in [0.25, 0.3) is 12.3 Å². The fourth-order valence-electron chi connectivity index (χ4n) is 1.85. The number of ether oxygens (including phenoxy) is 1. The molecule has 1 N–H and O–H groups in total. The van der Waals surface area contributed by atoms with Gasteiger partial charge in [-0.05, 0) is 0 Å². The number of aromatic nitrogens is 1. The second-order valence-corrected chi connectivity index (χ2v) is 5.74. The summed E-state index contributed by atoms with van der Waals surface area (Å²) in [6.45, 7) is 1.22. The molecule has 112 valence electrons. The highest BCUT2D eigenvalue weighted by molar-refractivity contribution is 7.14. The van der Waals surface area contributed by atoms with E-state index in [1.165, 1.54) is 4.90 Å². The summed E-state index contributed by atoms with van der Waals surface area (Å²) in [6, 6.07) is 0. The first kappa shape index (κ1) is 15.6. The van der Waals surface area contributed by atoms with E-state index in [-0.39, 0.29) is 22.7 Å². The minimum atomic E-state index is -2.75. The minimum Gasteiger partial charge on any atom is -0.396 e. The van der Waals surface area contributed by atoms with E-state index in [9.17, 15) is 13.6 Å². The van der Waals surface area contributed by atoms with E-state index < -0.39 is 17.2 Å². The summed E-state index contributed by atoms with van der Waals surface area (Å²) in [5.74, 6) is -0.654. The monoisotopic (exact) mass is 326 g/mol. The van der Waals surface area contributed by atoms with Crippen LogP contribution >= 0.6 is 22.9 Å². The number of carbonyl (C=O) groups is 1. The highest BCUT2D eigenvalue weighted by Gasteiger charge is 2.27. The van der Waals surface area contributed by atoms with Gasteiger partial charge in [0.05, 0.1) is 13.2 Å². The van der Waals surface area contributed by atoms with Gasteiger partial charge in [-0.3, -0.25) is 4.79 Å². The fraction of sp³-hybridized carbons (Fsp3) is 0.636. The molecule has 1 saturated heterocycles. The van der Waals surface area contributed by atoms with Gasteiger partial charge in [0, 0.05) is 25.6 Å². The van der Waals surface area contributed by atoms with Gasteiger partial charge in [0.15, 0.2) is 5.01 Å². The molecule has 0 saturated carbocycles. The van der Waals surface area contributed by atoms with Crippen LogP contribution in [0.15, 0.2) is 0 Å². The Hall–Kier alpha value is -0.830. The normalized spacial score (nSPS) is 20.2. The van der Waals surface area contributed by atoms with E-state index in [0.29, 0.717) is 37.6 Å². The predicted octanol–water partition coefficient (Wildman–Crippen LogP) is 1.81. The zero-order valence-electron chi connectivity index (χ0n) is 10.4. The summed E-state index contributed by atoms with van der Waals surface area (Å²) >= 11 is 6.19. The lowest BCUT2D eigenvalue weighted by Gasteiger charge is -2.21. The Morgan fingerprint density at radius 3 is 3.00 bits per heavy atom. The second-order valence-electron chi connectivity index (χ2n) is 4.35. The van der Waals surface area contributed by atoms with Crippen molar-refractivity contribution in [1.29, 1.82) is 0 Å². The molecule has 20 heavy (non-hydrogen) atoms. The van der Waals surface area contributed by atoms with Gasteiger partial charge in [0.2, 0.25) is 0 Å². The molecule has 0 bridgehead atoms. The zero-order valence-corrected chi connectivity index (χ0v) is 12.0. The Balaban J connectivity index is 2.15. The Kier molecular flexibility index (Phi) is 5.25. The second kappa shape index (κ2) is 6.75. The van der Waals surface area contributed by atoms with Crippen molar-refractivity contribution in [3.63, 3.8) is 0 Å². The van der Waals surface area contributed by atoms with E-state index in [4.69, 9.17) is 21.4 Å². The van der Waals surface area contributed by atoms with Crippen LogP contribution in [0.25, 0.3) is 0 Å². The number of aliphatic hydroxyl groups is 1. The van der Waals surface area contributed by atoms with Crippen molar-refractivity contribution in [1.82, 2.24) is 9.88 Å². The predicted molar refractivity (Wildman–Crippen MR) is 69.4 cm³/mol. The molecule has 1 aliphatic rings. The van der Waals surface area contributed by atoms with Gasteiger partial charge in [-0.15, -0.1) is 11.3 Å². The topological polar surface area (TPSA) is 62.7 Å². The third-order valence-electron chi connectivity index (χ3n) is 2.87. The first-order chi connectivity index (χ1) is 9.52. The summed E-state index contributed by atoms with van der Waals surface area (Å²) in [5, 5.41) is 8.75. The van der Waals surface area contributed by atoms with Crippen molar-refractivity contribution in [3.05, 3.63) is 15.0 Å². The van der Waals surface area contributed by atoms with Crippen LogP contribution in [0.4, 0.5) is 8.78 Å². The van der Waals surface area contributed by atoms with Crippen LogP contribution < -0.4 is 0 Å². The van der Waals surface area contributed by atoms with E-state index in [1.54, 1.807) is 0 Å². The molecule has 1 fully saturated rings. The molecule has 0 spiro atoms. The Labute approximate surface area is 123 Å². The first-order valence-electron chi connectivity index (χ1n) is 5.95. The molecule has 0 aromatic carbocycles. The molecular formula is C11H13ClF2N2O3S. The van der Waals surface area contributed by atoms with E-state index in [1.807, 2.05) is 0 Å². The summed E-state index contributed by atoms with van der Waals surface area (Å²) in [4.78, 5) is 17.0. The molecule has 1 atom stereocenters. The van der Waals surface area contributed by atoms with Crippen LogP contribution in [0, 0.1) is 5.92 Å². The Morgan fingerprint density at radius 2 is 2.40 bits per heavy atom. The molecule has 0 radical (unpaired) electrons. The maximum atomic E-state index is 12.6. The fourth-order valence-corrected chi connectivity index (χ4v) is 2.96. The highest BCUT2D eigenvalue weighted by atomic mass is 35.5. The molecule has 2 heterocycles. The maximum absolute atomic E-state index is 12.6. The number of alkyl halides is 2. The average Bonchev–Trinajstić information content (AvgIpc) is 2.67. The number of hydrogen-bond acceptors (Lipinski definition) is 5. The van der Waals surface area contributed by atoms with Crippen molar-refractivity contribution >= 4 is 28.8 Å². The van der Waals surface area contributed by atoms with Crippen LogP contribution in [0.5, 0.6) is 0 Å². The highest BCUT2D eigenvalue weighted by Crippen LogP contribution is 2.32. The van der Waals surface area contributed by atoms with Crippen molar-refractivity contribution < 1.29 is 23.4 Å². The van der Waals surface area contributed by atoms with Gasteiger partial charge in [-0.1, -0.05) is 11.6 Å². The quantitative estimate of drug-likeness (QED) is 0.920. The molecule has 2 rings (SSSR count). The number of aliphatic hydroxyl groups excluding tert-OH is 1. The number of nitrogens with zero attached hydrogens (tertiary/aromatic N) is 2. The molecule has 0 aliphatic carbocycles. The molecule has 1 unspecified atom stereocenters. The van der Waals surface area contributed by atoms with E-state index >= 15 is 0 Å². The molecule has 1 aliphatic heterocycles. The summed E-state index contributed by atoms with van der Waals surface area (Å²) < 4.78 is 30.5. The zero-order chi connectivity index (χ0) is 14.7.